The predicted molar refractivity (Wildman–Crippen MR) is 171 cm³/mol. The highest BCUT2D eigenvalue weighted by Crippen LogP contribution is 2.66. The number of fused-ring (bicyclic) bond motifs is 1. The van der Waals surface area contributed by atoms with Gasteiger partial charge in [0.05, 0.1) is 30.1 Å². The first-order valence-corrected chi connectivity index (χ1v) is 15.7. The quantitative estimate of drug-likeness (QED) is 0.343. The molecule has 0 radical (unpaired) electrons. The molecule has 9 heteroatoms. The van der Waals surface area contributed by atoms with E-state index in [1.807, 2.05) is 51.1 Å². The normalized spacial score (nSPS) is 29.3. The van der Waals surface area contributed by atoms with Crippen LogP contribution in [-0.4, -0.2) is 75.6 Å². The standard InChI is InChI=1S/C35H42ClN3O5/c1-6-18-37(21-24-12-10-9-11-13-24)31(41)28-29-32(42)39(26(8-3)22-40)30(35(29)20-23(4)34(28,5)44-35)33(43)38(19-7-2)27-16-14-25(36)15-17-27/h6-7,9-17,23,26,28-30,40H,1-2,8,18-22H2,3-5H3/t23?,26-,28-,29-,30?,34+,35?/m0/s1. The molecule has 7 atom stereocenters. The van der Waals surface area contributed by atoms with Gasteiger partial charge in [-0.2, -0.15) is 0 Å². The molecular weight excluding hydrogens is 578 g/mol. The van der Waals surface area contributed by atoms with Gasteiger partial charge in [-0.3, -0.25) is 14.4 Å². The number of anilines is 1. The first-order valence-electron chi connectivity index (χ1n) is 15.3. The van der Waals surface area contributed by atoms with Crippen molar-refractivity contribution in [2.24, 2.45) is 17.8 Å². The maximum atomic E-state index is 14.8. The average Bonchev–Trinajstić information content (AvgIpc) is 3.53. The summed E-state index contributed by atoms with van der Waals surface area (Å²) in [6, 6.07) is 14.9. The van der Waals surface area contributed by atoms with Gasteiger partial charge in [-0.25, -0.2) is 0 Å². The van der Waals surface area contributed by atoms with E-state index in [4.69, 9.17) is 16.3 Å². The van der Waals surface area contributed by atoms with Crippen LogP contribution in [0.15, 0.2) is 79.9 Å². The smallest absolute Gasteiger partial charge is 0.253 e. The maximum Gasteiger partial charge on any atom is 0.253 e. The zero-order valence-electron chi connectivity index (χ0n) is 25.7. The van der Waals surface area contributed by atoms with E-state index in [2.05, 4.69) is 13.2 Å². The van der Waals surface area contributed by atoms with Gasteiger partial charge < -0.3 is 24.5 Å². The molecular formula is C35H42ClN3O5. The van der Waals surface area contributed by atoms with Gasteiger partial charge in [-0.1, -0.05) is 67.9 Å². The number of hydrogen-bond donors (Lipinski definition) is 1. The zero-order chi connectivity index (χ0) is 31.8. The van der Waals surface area contributed by atoms with E-state index in [1.54, 1.807) is 46.2 Å². The van der Waals surface area contributed by atoms with Crippen LogP contribution in [0.2, 0.25) is 5.02 Å². The summed E-state index contributed by atoms with van der Waals surface area (Å²) in [4.78, 5) is 48.8. The van der Waals surface area contributed by atoms with E-state index in [9.17, 15) is 19.5 Å². The van der Waals surface area contributed by atoms with E-state index in [1.165, 1.54) is 4.90 Å². The van der Waals surface area contributed by atoms with E-state index >= 15 is 0 Å². The fraction of sp³-hybridized carbons (Fsp3) is 0.457. The van der Waals surface area contributed by atoms with Crippen LogP contribution < -0.4 is 4.90 Å². The largest absolute Gasteiger partial charge is 0.394 e. The Bertz CT molecular complexity index is 1410. The molecule has 44 heavy (non-hydrogen) atoms. The second-order valence-electron chi connectivity index (χ2n) is 12.4. The third-order valence-electron chi connectivity index (χ3n) is 9.92. The summed E-state index contributed by atoms with van der Waals surface area (Å²) in [7, 11) is 0. The predicted octanol–water partition coefficient (Wildman–Crippen LogP) is 4.86. The van der Waals surface area contributed by atoms with Crippen LogP contribution in [0, 0.1) is 17.8 Å². The second kappa shape index (κ2) is 12.5. The fourth-order valence-electron chi connectivity index (χ4n) is 7.75. The van der Waals surface area contributed by atoms with Crippen LogP contribution in [0.5, 0.6) is 0 Å². The lowest BCUT2D eigenvalue weighted by molar-refractivity contribution is -0.154. The molecule has 2 aromatic rings. The Morgan fingerprint density at radius 3 is 2.36 bits per heavy atom. The van der Waals surface area contributed by atoms with Crippen LogP contribution in [0.1, 0.15) is 39.2 Å². The molecule has 3 aliphatic heterocycles. The van der Waals surface area contributed by atoms with Crippen LogP contribution in [-0.2, 0) is 25.7 Å². The Morgan fingerprint density at radius 2 is 1.77 bits per heavy atom. The number of hydrogen-bond acceptors (Lipinski definition) is 5. The first kappa shape index (κ1) is 31.9. The molecule has 3 unspecified atom stereocenters. The Kier molecular flexibility index (Phi) is 9.08. The van der Waals surface area contributed by atoms with E-state index < -0.39 is 35.1 Å². The summed E-state index contributed by atoms with van der Waals surface area (Å²) >= 11 is 6.15. The Labute approximate surface area is 264 Å². The summed E-state index contributed by atoms with van der Waals surface area (Å²) in [6.07, 6.45) is 4.18. The molecule has 3 heterocycles. The molecule has 234 valence electrons. The Balaban J connectivity index is 1.61. The number of halogens is 1. The summed E-state index contributed by atoms with van der Waals surface area (Å²) < 4.78 is 6.94. The highest BCUT2D eigenvalue weighted by molar-refractivity contribution is 6.30. The minimum absolute atomic E-state index is 0.115. The zero-order valence-corrected chi connectivity index (χ0v) is 26.5. The van der Waals surface area contributed by atoms with E-state index in [0.29, 0.717) is 36.6 Å². The number of likely N-dealkylation sites (tertiary alicyclic amines) is 1. The molecule has 0 saturated carbocycles. The molecule has 3 aliphatic rings. The van der Waals surface area contributed by atoms with Gasteiger partial charge >= 0.3 is 0 Å². The maximum absolute atomic E-state index is 14.8. The number of ether oxygens (including phenoxy) is 1. The van der Waals surface area contributed by atoms with Crippen LogP contribution in [0.25, 0.3) is 0 Å². The lowest BCUT2D eigenvalue weighted by Gasteiger charge is -2.39. The highest BCUT2D eigenvalue weighted by Gasteiger charge is 2.80. The topological polar surface area (TPSA) is 90.4 Å². The van der Waals surface area contributed by atoms with Crippen molar-refractivity contribution >= 4 is 35.0 Å². The number of aliphatic hydroxyl groups excluding tert-OH is 1. The molecule has 1 N–H and O–H groups in total. The molecule has 5 rings (SSSR count). The summed E-state index contributed by atoms with van der Waals surface area (Å²) in [5.74, 6) is -2.69. The van der Waals surface area contributed by atoms with Gasteiger partial charge in [-0.05, 0) is 55.5 Å². The van der Waals surface area contributed by atoms with Gasteiger partial charge in [0.1, 0.15) is 11.6 Å². The number of rotatable bonds is 12. The Hall–Kier alpha value is -3.46. The van der Waals surface area contributed by atoms with Crippen molar-refractivity contribution in [2.45, 2.75) is 63.4 Å². The first-order chi connectivity index (χ1) is 21.1. The monoisotopic (exact) mass is 619 g/mol. The second-order valence-corrected chi connectivity index (χ2v) is 12.8. The van der Waals surface area contributed by atoms with Gasteiger partial charge in [0, 0.05) is 30.3 Å². The average molecular weight is 620 g/mol. The summed E-state index contributed by atoms with van der Waals surface area (Å²) in [5.41, 5.74) is -0.656. The van der Waals surface area contributed by atoms with Gasteiger partial charge in [0.15, 0.2) is 0 Å². The van der Waals surface area contributed by atoms with Gasteiger partial charge in [-0.15, -0.1) is 13.2 Å². The van der Waals surface area contributed by atoms with E-state index in [0.717, 1.165) is 5.56 Å². The minimum Gasteiger partial charge on any atom is -0.394 e. The van der Waals surface area contributed by atoms with Crippen molar-refractivity contribution in [1.29, 1.82) is 0 Å². The highest BCUT2D eigenvalue weighted by atomic mass is 35.5. The lowest BCUT2D eigenvalue weighted by atomic mass is 9.62. The molecule has 2 bridgehead atoms. The van der Waals surface area contributed by atoms with Crippen LogP contribution in [0.3, 0.4) is 0 Å². The number of benzene rings is 2. The molecule has 3 fully saturated rings. The molecule has 0 aliphatic carbocycles. The number of carbonyl (C=O) groups is 3. The summed E-state index contributed by atoms with van der Waals surface area (Å²) in [6.45, 7) is 14.1. The van der Waals surface area contributed by atoms with Crippen molar-refractivity contribution in [3.05, 3.63) is 90.5 Å². The minimum atomic E-state index is -1.25. The SMILES string of the molecule is C=CCN(Cc1ccccc1)C(=O)[C@@H]1[C@H]2C(=O)N([C@@H](CC)CO)C(C(=O)N(CC=C)c3ccc(Cl)cc3)C23CC(C)[C@@]1(C)O3. The molecule has 8 nitrogen and oxygen atoms in total. The van der Waals surface area contributed by atoms with Crippen molar-refractivity contribution in [2.75, 3.05) is 24.6 Å². The van der Waals surface area contributed by atoms with Crippen molar-refractivity contribution in [3.63, 3.8) is 0 Å². The third kappa shape index (κ3) is 5.07. The van der Waals surface area contributed by atoms with Gasteiger partial charge in [0.25, 0.3) is 5.91 Å². The number of nitrogens with zero attached hydrogens (tertiary/aromatic N) is 3. The molecule has 1 spiro atoms. The number of carbonyl (C=O) groups excluding carboxylic acids is 3. The van der Waals surface area contributed by atoms with Crippen molar-refractivity contribution in [3.8, 4) is 0 Å². The van der Waals surface area contributed by atoms with Crippen LogP contribution in [0.4, 0.5) is 5.69 Å². The molecule has 2 aromatic carbocycles. The summed E-state index contributed by atoms with van der Waals surface area (Å²) in [5, 5.41) is 11.0. The third-order valence-corrected chi connectivity index (χ3v) is 10.2. The van der Waals surface area contributed by atoms with Crippen molar-refractivity contribution in [1.82, 2.24) is 9.80 Å². The van der Waals surface area contributed by atoms with Gasteiger partial charge in [0.2, 0.25) is 11.8 Å². The van der Waals surface area contributed by atoms with Crippen LogP contribution >= 0.6 is 11.6 Å². The van der Waals surface area contributed by atoms with Crippen molar-refractivity contribution < 1.29 is 24.2 Å². The van der Waals surface area contributed by atoms with E-state index in [-0.39, 0.29) is 36.8 Å². The Morgan fingerprint density at radius 1 is 1.11 bits per heavy atom. The molecule has 0 aromatic heterocycles. The number of amides is 3. The number of aliphatic hydroxyl groups is 1. The molecule has 3 amide bonds. The fourth-order valence-corrected chi connectivity index (χ4v) is 7.87. The molecule has 3 saturated heterocycles. The lowest BCUT2D eigenvalue weighted by Crippen LogP contribution is -2.59.